The van der Waals surface area contributed by atoms with Crippen LogP contribution in [0.15, 0.2) is 59.3 Å². The Balaban J connectivity index is 1.91. The topological polar surface area (TPSA) is 99.1 Å². The lowest BCUT2D eigenvalue weighted by Gasteiger charge is -2.23. The van der Waals surface area contributed by atoms with E-state index in [1.807, 2.05) is 48.0 Å². The first-order valence-electron chi connectivity index (χ1n) is 11.2. The molecule has 3 aromatic rings. The van der Waals surface area contributed by atoms with Crippen LogP contribution in [0.3, 0.4) is 0 Å². The highest BCUT2D eigenvalue weighted by Gasteiger charge is 2.22. The number of carbonyl (C=O) groups is 3. The minimum atomic E-state index is -0.936. The number of Topliss-reactive ketones (excluding diaryl/α,β-unsaturated/α-hetero) is 1. The fourth-order valence-electron chi connectivity index (χ4n) is 3.55. The first-order chi connectivity index (χ1) is 16.9. The maximum absolute atomic E-state index is 13.0. The van der Waals surface area contributed by atoms with E-state index in [-0.39, 0.29) is 37.2 Å². The van der Waals surface area contributed by atoms with Crippen molar-refractivity contribution in [2.45, 2.75) is 45.3 Å². The van der Waals surface area contributed by atoms with Crippen LogP contribution < -0.4 is 9.47 Å². The van der Waals surface area contributed by atoms with Crippen LogP contribution in [0.5, 0.6) is 11.5 Å². The van der Waals surface area contributed by atoms with Crippen molar-refractivity contribution in [3.05, 3.63) is 81.5 Å². The van der Waals surface area contributed by atoms with Gasteiger partial charge in [-0.2, -0.15) is 11.3 Å². The van der Waals surface area contributed by atoms with E-state index in [1.165, 1.54) is 7.11 Å². The van der Waals surface area contributed by atoms with Gasteiger partial charge in [-0.1, -0.05) is 24.3 Å². The lowest BCUT2D eigenvalue weighted by atomic mass is 9.99. The number of esters is 1. The molecule has 0 radical (unpaired) electrons. The van der Waals surface area contributed by atoms with E-state index in [0.717, 1.165) is 16.7 Å². The first-order valence-corrected chi connectivity index (χ1v) is 12.1. The van der Waals surface area contributed by atoms with Gasteiger partial charge in [-0.3, -0.25) is 14.4 Å². The Hall–Kier alpha value is -3.65. The van der Waals surface area contributed by atoms with Crippen molar-refractivity contribution in [3.63, 3.8) is 0 Å². The molecule has 0 unspecified atom stereocenters. The summed E-state index contributed by atoms with van der Waals surface area (Å²) < 4.78 is 16.9. The third-order valence-corrected chi connectivity index (χ3v) is 6.18. The maximum Gasteiger partial charge on any atom is 0.305 e. The molecule has 0 bridgehead atoms. The molecule has 184 valence electrons. The number of aryl methyl sites for hydroxylation is 1. The fraction of sp³-hybridized carbons (Fsp3) is 0.296. The van der Waals surface area contributed by atoms with Crippen LogP contribution in [0.2, 0.25) is 0 Å². The summed E-state index contributed by atoms with van der Waals surface area (Å²) in [5.41, 5.74) is 3.11. The predicted molar refractivity (Wildman–Crippen MR) is 132 cm³/mol. The standard InChI is InChI=1S/C27H28O7S/c1-18-5-3-4-6-21(18)24(10-11-26(29)30)34-25-15-20(33-16-19-13-14-35-17-19)7-8-22(25)23(28)9-12-27(31)32-2/h3-8,13-15,17,24H,9-12,16H2,1-2H3,(H,29,30)/t24-/m0/s1. The van der Waals surface area contributed by atoms with Crippen molar-refractivity contribution in [1.29, 1.82) is 0 Å². The van der Waals surface area contributed by atoms with Gasteiger partial charge < -0.3 is 19.3 Å². The maximum atomic E-state index is 13.0. The zero-order valence-electron chi connectivity index (χ0n) is 19.7. The number of thiophene rings is 1. The molecule has 35 heavy (non-hydrogen) atoms. The summed E-state index contributed by atoms with van der Waals surface area (Å²) in [6, 6.07) is 14.5. The summed E-state index contributed by atoms with van der Waals surface area (Å²) in [6.07, 6.45) is -0.561. The number of carboxylic acid groups (broad SMARTS) is 1. The van der Waals surface area contributed by atoms with Crippen LogP contribution in [-0.2, 0) is 20.9 Å². The third-order valence-electron chi connectivity index (χ3n) is 5.45. The van der Waals surface area contributed by atoms with Gasteiger partial charge in [0.25, 0.3) is 0 Å². The van der Waals surface area contributed by atoms with Crippen molar-refractivity contribution in [2.75, 3.05) is 7.11 Å². The second-order valence-corrected chi connectivity index (χ2v) is 8.75. The highest BCUT2D eigenvalue weighted by Crippen LogP contribution is 2.34. The molecule has 0 amide bonds. The number of carbonyl (C=O) groups excluding carboxylic acids is 2. The molecular formula is C27H28O7S. The summed E-state index contributed by atoms with van der Waals surface area (Å²) in [7, 11) is 1.27. The summed E-state index contributed by atoms with van der Waals surface area (Å²) in [5.74, 6) is -0.902. The molecule has 1 aromatic heterocycles. The lowest BCUT2D eigenvalue weighted by molar-refractivity contribution is -0.140. The number of hydrogen-bond acceptors (Lipinski definition) is 7. The molecule has 2 aromatic carbocycles. The molecule has 0 aliphatic heterocycles. The van der Waals surface area contributed by atoms with Crippen LogP contribution in [0.4, 0.5) is 0 Å². The summed E-state index contributed by atoms with van der Waals surface area (Å²) >= 11 is 1.57. The largest absolute Gasteiger partial charge is 0.489 e. The summed E-state index contributed by atoms with van der Waals surface area (Å²) in [4.78, 5) is 35.8. The normalized spacial score (nSPS) is 11.5. The van der Waals surface area contributed by atoms with Crippen LogP contribution in [0.1, 0.15) is 58.8 Å². The van der Waals surface area contributed by atoms with E-state index >= 15 is 0 Å². The van der Waals surface area contributed by atoms with Gasteiger partial charge in [0.05, 0.1) is 19.1 Å². The van der Waals surface area contributed by atoms with Crippen LogP contribution in [0, 0.1) is 6.92 Å². The Morgan fingerprint density at radius 1 is 1.03 bits per heavy atom. The quantitative estimate of drug-likeness (QED) is 0.237. The Bertz CT molecular complexity index is 1150. The average Bonchev–Trinajstić information content (AvgIpc) is 3.38. The molecule has 0 spiro atoms. The van der Waals surface area contributed by atoms with Crippen molar-refractivity contribution in [3.8, 4) is 11.5 Å². The minimum Gasteiger partial charge on any atom is -0.489 e. The number of hydrogen-bond donors (Lipinski definition) is 1. The average molecular weight is 497 g/mol. The molecule has 1 N–H and O–H groups in total. The Kier molecular flexibility index (Phi) is 9.43. The molecule has 0 aliphatic rings. The van der Waals surface area contributed by atoms with Crippen LogP contribution in [-0.4, -0.2) is 29.9 Å². The van der Waals surface area contributed by atoms with E-state index in [0.29, 0.717) is 17.9 Å². The Morgan fingerprint density at radius 3 is 2.51 bits per heavy atom. The van der Waals surface area contributed by atoms with E-state index in [9.17, 15) is 19.5 Å². The van der Waals surface area contributed by atoms with E-state index in [1.54, 1.807) is 29.5 Å². The van der Waals surface area contributed by atoms with Crippen molar-refractivity contribution in [1.82, 2.24) is 0 Å². The highest BCUT2D eigenvalue weighted by molar-refractivity contribution is 7.07. The second-order valence-electron chi connectivity index (χ2n) is 7.97. The highest BCUT2D eigenvalue weighted by atomic mass is 32.1. The number of rotatable bonds is 13. The van der Waals surface area contributed by atoms with Crippen molar-refractivity contribution < 1.29 is 33.7 Å². The van der Waals surface area contributed by atoms with E-state index < -0.39 is 18.0 Å². The van der Waals surface area contributed by atoms with Gasteiger partial charge in [0.1, 0.15) is 24.2 Å². The van der Waals surface area contributed by atoms with Gasteiger partial charge in [-0.25, -0.2) is 0 Å². The zero-order valence-corrected chi connectivity index (χ0v) is 20.5. The molecule has 0 fully saturated rings. The lowest BCUT2D eigenvalue weighted by Crippen LogP contribution is -2.14. The Labute approximate surface area is 208 Å². The number of ketones is 1. The summed E-state index contributed by atoms with van der Waals surface area (Å²) in [5, 5.41) is 13.2. The number of aliphatic carboxylic acids is 1. The van der Waals surface area contributed by atoms with Crippen molar-refractivity contribution in [2.24, 2.45) is 0 Å². The molecule has 0 saturated carbocycles. The number of methoxy groups -OCH3 is 1. The molecule has 8 heteroatoms. The van der Waals surface area contributed by atoms with E-state index in [4.69, 9.17) is 9.47 Å². The van der Waals surface area contributed by atoms with Crippen LogP contribution in [0.25, 0.3) is 0 Å². The number of benzene rings is 2. The van der Waals surface area contributed by atoms with Gasteiger partial charge in [0.2, 0.25) is 0 Å². The van der Waals surface area contributed by atoms with Crippen LogP contribution >= 0.6 is 11.3 Å². The molecule has 3 rings (SSSR count). The molecule has 1 atom stereocenters. The SMILES string of the molecule is COC(=O)CCC(=O)c1ccc(OCc2ccsc2)cc1O[C@@H](CCC(=O)O)c1ccccc1C. The van der Waals surface area contributed by atoms with Gasteiger partial charge in [-0.15, -0.1) is 0 Å². The molecular weight excluding hydrogens is 468 g/mol. The monoisotopic (exact) mass is 496 g/mol. The third kappa shape index (κ3) is 7.68. The van der Waals surface area contributed by atoms with Gasteiger partial charge >= 0.3 is 11.9 Å². The zero-order chi connectivity index (χ0) is 25.2. The summed E-state index contributed by atoms with van der Waals surface area (Å²) in [6.45, 7) is 2.29. The van der Waals surface area contributed by atoms with Crippen molar-refractivity contribution >= 4 is 29.1 Å². The van der Waals surface area contributed by atoms with Gasteiger partial charge in [0, 0.05) is 18.9 Å². The van der Waals surface area contributed by atoms with Gasteiger partial charge in [-0.05, 0) is 59.0 Å². The first kappa shape index (κ1) is 26.0. The fourth-order valence-corrected chi connectivity index (χ4v) is 4.20. The van der Waals surface area contributed by atoms with E-state index in [2.05, 4.69) is 4.74 Å². The predicted octanol–water partition coefficient (Wildman–Crippen LogP) is 5.76. The molecule has 0 aliphatic carbocycles. The van der Waals surface area contributed by atoms with Gasteiger partial charge in [0.15, 0.2) is 5.78 Å². The molecule has 7 nitrogen and oxygen atoms in total. The molecule has 0 saturated heterocycles. The minimum absolute atomic E-state index is 0.0394. The Morgan fingerprint density at radius 2 is 1.83 bits per heavy atom. The number of ether oxygens (including phenoxy) is 3. The second kappa shape index (κ2) is 12.7. The smallest absolute Gasteiger partial charge is 0.305 e. The molecule has 1 heterocycles. The number of carboxylic acids is 1.